The molecule has 0 aliphatic heterocycles. The predicted octanol–water partition coefficient (Wildman–Crippen LogP) is 4.81. The van der Waals surface area contributed by atoms with Crippen LogP contribution in [0.5, 0.6) is 0 Å². The summed E-state index contributed by atoms with van der Waals surface area (Å²) in [5, 5.41) is 8.85. The Labute approximate surface area is 167 Å². The molecule has 0 aliphatic carbocycles. The summed E-state index contributed by atoms with van der Waals surface area (Å²) in [5.74, 6) is 0. The number of fused-ring (bicyclic) bond motifs is 1. The minimum absolute atomic E-state index is 0.0212. The van der Waals surface area contributed by atoms with Crippen molar-refractivity contribution in [1.29, 1.82) is 5.26 Å². The molecule has 1 heterocycles. The molecule has 0 amide bonds. The van der Waals surface area contributed by atoms with Crippen LogP contribution in [0.1, 0.15) is 11.1 Å². The highest BCUT2D eigenvalue weighted by Gasteiger charge is 2.32. The zero-order valence-electron chi connectivity index (χ0n) is 14.0. The molecule has 0 saturated heterocycles. The Bertz CT molecular complexity index is 1250. The van der Waals surface area contributed by atoms with Crippen molar-refractivity contribution in [2.45, 2.75) is 11.1 Å². The van der Waals surface area contributed by atoms with Gasteiger partial charge in [0.1, 0.15) is 11.0 Å². The van der Waals surface area contributed by atoms with Crippen molar-refractivity contribution in [2.75, 3.05) is 12.0 Å². The van der Waals surface area contributed by atoms with Gasteiger partial charge in [0.25, 0.3) is 0 Å². The summed E-state index contributed by atoms with van der Waals surface area (Å²) in [4.78, 5) is -0.251. The fourth-order valence-corrected chi connectivity index (χ4v) is 4.69. The van der Waals surface area contributed by atoms with E-state index in [9.17, 15) is 26.9 Å². The van der Waals surface area contributed by atoms with Gasteiger partial charge < -0.3 is 10.3 Å². The Morgan fingerprint density at radius 2 is 1.75 bits per heavy atom. The van der Waals surface area contributed by atoms with Crippen molar-refractivity contribution < 1.29 is 21.6 Å². The summed E-state index contributed by atoms with van der Waals surface area (Å²) < 4.78 is 64.6. The average Bonchev–Trinajstić information content (AvgIpc) is 2.90. The first-order valence-corrected chi connectivity index (χ1v) is 10.1. The molecule has 0 unspecified atom stereocenters. The van der Waals surface area contributed by atoms with E-state index < -0.39 is 21.6 Å². The molecule has 0 saturated carbocycles. The van der Waals surface area contributed by atoms with Crippen LogP contribution in [0.3, 0.4) is 0 Å². The lowest BCUT2D eigenvalue weighted by atomic mass is 10.1. The summed E-state index contributed by atoms with van der Waals surface area (Å²) in [5.41, 5.74) is 4.83. The van der Waals surface area contributed by atoms with E-state index in [2.05, 4.69) is 0 Å². The number of aromatic nitrogens is 1. The number of alkyl halides is 3. The molecule has 2 aromatic carbocycles. The normalized spacial score (nSPS) is 12.3. The standard InChI is InChI=1S/C17H10Cl2F3N3O2S/c1-28(26,27)16-12(24)2-3-13-14(16)8(6-23)7-25(13)15-10(18)4-9(5-11(15)19)17(20,21)22/h2-5,7H,24H2,1H3. The second kappa shape index (κ2) is 6.58. The first-order valence-electron chi connectivity index (χ1n) is 7.46. The van der Waals surface area contributed by atoms with Crippen LogP contribution >= 0.6 is 23.2 Å². The van der Waals surface area contributed by atoms with E-state index in [0.29, 0.717) is 12.1 Å². The highest BCUT2D eigenvalue weighted by atomic mass is 35.5. The molecule has 5 nitrogen and oxygen atoms in total. The lowest BCUT2D eigenvalue weighted by Gasteiger charge is -2.14. The van der Waals surface area contributed by atoms with Gasteiger partial charge in [0.2, 0.25) is 0 Å². The Morgan fingerprint density at radius 3 is 2.21 bits per heavy atom. The Balaban J connectivity index is 2.44. The molecule has 146 valence electrons. The third kappa shape index (κ3) is 3.28. The van der Waals surface area contributed by atoms with Crippen LogP contribution in [0.15, 0.2) is 35.4 Å². The number of nitrogens with two attached hydrogens (primary N) is 1. The summed E-state index contributed by atoms with van der Waals surface area (Å²) in [6.07, 6.45) is -2.46. The van der Waals surface area contributed by atoms with E-state index in [1.807, 2.05) is 6.07 Å². The SMILES string of the molecule is CS(=O)(=O)c1c(N)ccc2c1c(C#N)cn2-c1c(Cl)cc(C(F)(F)F)cc1Cl. The van der Waals surface area contributed by atoms with Gasteiger partial charge in [-0.1, -0.05) is 23.2 Å². The number of nitrogen functional groups attached to an aromatic ring is 1. The summed E-state index contributed by atoms with van der Waals surface area (Å²) in [6.45, 7) is 0. The Kier molecular flexibility index (Phi) is 4.78. The maximum Gasteiger partial charge on any atom is 0.416 e. The summed E-state index contributed by atoms with van der Waals surface area (Å²) in [6, 6.07) is 6.03. The van der Waals surface area contributed by atoms with Gasteiger partial charge >= 0.3 is 6.18 Å². The summed E-state index contributed by atoms with van der Waals surface area (Å²) >= 11 is 12.1. The minimum Gasteiger partial charge on any atom is -0.398 e. The third-order valence-electron chi connectivity index (χ3n) is 4.03. The first kappa shape index (κ1) is 20.3. The van der Waals surface area contributed by atoms with Crippen LogP contribution in [0.2, 0.25) is 10.0 Å². The Morgan fingerprint density at radius 1 is 1.18 bits per heavy atom. The van der Waals surface area contributed by atoms with Gasteiger partial charge in [0, 0.05) is 17.8 Å². The van der Waals surface area contributed by atoms with Gasteiger partial charge in [-0.05, 0) is 24.3 Å². The molecule has 11 heteroatoms. The predicted molar refractivity (Wildman–Crippen MR) is 101 cm³/mol. The van der Waals surface area contributed by atoms with Gasteiger partial charge in [0.05, 0.1) is 38.1 Å². The van der Waals surface area contributed by atoms with E-state index in [1.165, 1.54) is 22.9 Å². The maximum atomic E-state index is 13.0. The molecule has 2 N–H and O–H groups in total. The maximum absolute atomic E-state index is 13.0. The lowest BCUT2D eigenvalue weighted by Crippen LogP contribution is -2.07. The smallest absolute Gasteiger partial charge is 0.398 e. The van der Waals surface area contributed by atoms with Gasteiger partial charge in [-0.3, -0.25) is 0 Å². The van der Waals surface area contributed by atoms with Gasteiger partial charge in [-0.15, -0.1) is 0 Å². The topological polar surface area (TPSA) is 88.9 Å². The third-order valence-corrected chi connectivity index (χ3v) is 5.79. The molecule has 0 bridgehead atoms. The molecule has 1 aromatic heterocycles. The second-order valence-corrected chi connectivity index (χ2v) is 8.73. The van der Waals surface area contributed by atoms with Crippen LogP contribution in [-0.2, 0) is 16.0 Å². The second-order valence-electron chi connectivity index (χ2n) is 5.96. The molecule has 0 fully saturated rings. The molecular weight excluding hydrogens is 438 g/mol. The van der Waals surface area contributed by atoms with Crippen LogP contribution in [0, 0.1) is 11.3 Å². The molecule has 28 heavy (non-hydrogen) atoms. The zero-order valence-corrected chi connectivity index (χ0v) is 16.3. The molecule has 3 aromatic rings. The quantitative estimate of drug-likeness (QED) is 0.570. The number of nitriles is 1. The highest BCUT2D eigenvalue weighted by Crippen LogP contribution is 2.40. The largest absolute Gasteiger partial charge is 0.416 e. The van der Waals surface area contributed by atoms with Crippen LogP contribution in [0.25, 0.3) is 16.6 Å². The van der Waals surface area contributed by atoms with Crippen molar-refractivity contribution in [1.82, 2.24) is 4.57 Å². The molecule has 0 aliphatic rings. The van der Waals surface area contributed by atoms with Crippen LogP contribution < -0.4 is 5.73 Å². The van der Waals surface area contributed by atoms with Crippen molar-refractivity contribution in [2.24, 2.45) is 0 Å². The first-order chi connectivity index (χ1) is 12.9. The monoisotopic (exact) mass is 447 g/mol. The van der Waals surface area contributed by atoms with E-state index in [1.54, 1.807) is 0 Å². The number of hydrogen-bond donors (Lipinski definition) is 1. The van der Waals surface area contributed by atoms with Crippen LogP contribution in [-0.4, -0.2) is 19.2 Å². The van der Waals surface area contributed by atoms with E-state index in [0.717, 1.165) is 6.26 Å². The van der Waals surface area contributed by atoms with Gasteiger partial charge in [0.15, 0.2) is 9.84 Å². The highest BCUT2D eigenvalue weighted by molar-refractivity contribution is 7.91. The number of benzene rings is 2. The average molecular weight is 448 g/mol. The van der Waals surface area contributed by atoms with Crippen LogP contribution in [0.4, 0.5) is 18.9 Å². The zero-order chi connectivity index (χ0) is 21.0. The fraction of sp³-hybridized carbons (Fsp3) is 0.118. The van der Waals surface area contributed by atoms with E-state index in [-0.39, 0.29) is 42.8 Å². The van der Waals surface area contributed by atoms with Crippen molar-refractivity contribution >= 4 is 49.6 Å². The number of halogens is 5. The molecule has 3 rings (SSSR count). The van der Waals surface area contributed by atoms with Crippen molar-refractivity contribution in [3.63, 3.8) is 0 Å². The number of nitrogens with zero attached hydrogens (tertiary/aromatic N) is 2. The number of sulfone groups is 1. The molecule has 0 spiro atoms. The van der Waals surface area contributed by atoms with Gasteiger partial charge in [-0.2, -0.15) is 18.4 Å². The molecular formula is C17H10Cl2F3N3O2S. The minimum atomic E-state index is -4.65. The van der Waals surface area contributed by atoms with E-state index >= 15 is 0 Å². The summed E-state index contributed by atoms with van der Waals surface area (Å²) in [7, 11) is -3.81. The Hall–Kier alpha value is -2.41. The van der Waals surface area contributed by atoms with Crippen molar-refractivity contribution in [3.05, 3.63) is 51.6 Å². The van der Waals surface area contributed by atoms with E-state index in [4.69, 9.17) is 28.9 Å². The lowest BCUT2D eigenvalue weighted by molar-refractivity contribution is -0.137. The number of anilines is 1. The van der Waals surface area contributed by atoms with Crippen molar-refractivity contribution in [3.8, 4) is 11.8 Å². The number of hydrogen-bond acceptors (Lipinski definition) is 4. The number of rotatable bonds is 2. The molecule has 0 atom stereocenters. The fourth-order valence-electron chi connectivity index (χ4n) is 2.94. The molecule has 0 radical (unpaired) electrons. The van der Waals surface area contributed by atoms with Gasteiger partial charge in [-0.25, -0.2) is 8.42 Å².